The summed E-state index contributed by atoms with van der Waals surface area (Å²) < 4.78 is 4.50. The van der Waals surface area contributed by atoms with Gasteiger partial charge in [-0.2, -0.15) is 0 Å². The standard InChI is InChI=1S/C15H24.C6H6O.C2H4O/c1-10(2)13-8-7-9-14(11(3)4)15(13)12(5)6;7-6-4-2-1-3-5-6;1-2-3-1/h7-12H,1-6H3;1-5,7H;1-2H2. The number of epoxide rings is 1. The summed E-state index contributed by atoms with van der Waals surface area (Å²) in [7, 11) is 0. The number of hydrogen-bond donors (Lipinski definition) is 1. The van der Waals surface area contributed by atoms with Crippen LogP contribution in [0.1, 0.15) is 76.0 Å². The Morgan fingerprint density at radius 2 is 1.12 bits per heavy atom. The monoisotopic (exact) mass is 342 g/mol. The molecule has 138 valence electrons. The van der Waals surface area contributed by atoms with Crippen molar-refractivity contribution in [2.24, 2.45) is 0 Å². The Labute approximate surface area is 153 Å². The van der Waals surface area contributed by atoms with E-state index in [1.165, 1.54) is 11.1 Å². The highest BCUT2D eigenvalue weighted by molar-refractivity contribution is 5.40. The highest BCUT2D eigenvalue weighted by Gasteiger charge is 2.15. The lowest BCUT2D eigenvalue weighted by Crippen LogP contribution is -2.04. The lowest BCUT2D eigenvalue weighted by Gasteiger charge is -2.22. The van der Waals surface area contributed by atoms with Crippen molar-refractivity contribution in [3.8, 4) is 5.75 Å². The van der Waals surface area contributed by atoms with Gasteiger partial charge in [-0.1, -0.05) is 77.9 Å². The zero-order chi connectivity index (χ0) is 18.8. The van der Waals surface area contributed by atoms with E-state index in [-0.39, 0.29) is 0 Å². The summed E-state index contributed by atoms with van der Waals surface area (Å²) in [6.07, 6.45) is 0. The second kappa shape index (κ2) is 10.9. The summed E-state index contributed by atoms with van der Waals surface area (Å²) in [5.74, 6) is 2.20. The molecule has 0 aliphatic carbocycles. The minimum atomic E-state index is 0.322. The first-order valence-electron chi connectivity index (χ1n) is 9.29. The van der Waals surface area contributed by atoms with Crippen molar-refractivity contribution in [1.82, 2.24) is 0 Å². The summed E-state index contributed by atoms with van der Waals surface area (Å²) >= 11 is 0. The molecule has 2 aromatic carbocycles. The third-order valence-electron chi connectivity index (χ3n) is 3.96. The molecule has 0 unspecified atom stereocenters. The zero-order valence-electron chi connectivity index (χ0n) is 16.6. The van der Waals surface area contributed by atoms with Crippen molar-refractivity contribution in [2.45, 2.75) is 59.3 Å². The van der Waals surface area contributed by atoms with Gasteiger partial charge in [0.25, 0.3) is 0 Å². The molecular weight excluding hydrogens is 308 g/mol. The molecule has 0 bridgehead atoms. The van der Waals surface area contributed by atoms with Crippen LogP contribution in [0, 0.1) is 0 Å². The lowest BCUT2D eigenvalue weighted by molar-refractivity contribution is 0.475. The summed E-state index contributed by atoms with van der Waals surface area (Å²) in [6, 6.07) is 15.5. The number of phenolic OH excluding ortho intramolecular Hbond substituents is 1. The van der Waals surface area contributed by atoms with Crippen LogP contribution in [0.5, 0.6) is 5.75 Å². The first kappa shape index (κ1) is 21.2. The van der Waals surface area contributed by atoms with Crippen molar-refractivity contribution in [3.05, 3.63) is 65.2 Å². The van der Waals surface area contributed by atoms with E-state index in [1.54, 1.807) is 29.8 Å². The second-order valence-electron chi connectivity index (χ2n) is 7.26. The maximum absolute atomic E-state index is 8.63. The maximum Gasteiger partial charge on any atom is 0.115 e. The molecule has 0 spiro atoms. The minimum absolute atomic E-state index is 0.322. The Hall–Kier alpha value is -1.80. The molecule has 2 nitrogen and oxygen atoms in total. The second-order valence-corrected chi connectivity index (χ2v) is 7.26. The number of phenols is 1. The van der Waals surface area contributed by atoms with E-state index in [1.807, 2.05) is 6.07 Å². The van der Waals surface area contributed by atoms with Gasteiger partial charge in [-0.15, -0.1) is 0 Å². The Kier molecular flexibility index (Phi) is 9.30. The third kappa shape index (κ3) is 8.22. The molecule has 0 atom stereocenters. The average molecular weight is 343 g/mol. The number of para-hydroxylation sites is 1. The number of aromatic hydroxyl groups is 1. The molecule has 0 saturated carbocycles. The van der Waals surface area contributed by atoms with Crippen LogP contribution in [-0.4, -0.2) is 18.3 Å². The zero-order valence-corrected chi connectivity index (χ0v) is 16.6. The fraction of sp³-hybridized carbons (Fsp3) is 0.478. The number of benzene rings is 2. The topological polar surface area (TPSA) is 32.8 Å². The largest absolute Gasteiger partial charge is 0.508 e. The van der Waals surface area contributed by atoms with E-state index in [2.05, 4.69) is 64.5 Å². The van der Waals surface area contributed by atoms with E-state index in [9.17, 15) is 0 Å². The van der Waals surface area contributed by atoms with E-state index < -0.39 is 0 Å². The van der Waals surface area contributed by atoms with Crippen LogP contribution in [0.25, 0.3) is 0 Å². The molecule has 1 heterocycles. The molecule has 3 rings (SSSR count). The van der Waals surface area contributed by atoms with Gasteiger partial charge in [-0.05, 0) is 46.6 Å². The highest BCUT2D eigenvalue weighted by atomic mass is 16.6. The Morgan fingerprint density at radius 3 is 1.36 bits per heavy atom. The number of rotatable bonds is 3. The fourth-order valence-electron chi connectivity index (χ4n) is 2.70. The van der Waals surface area contributed by atoms with Crippen LogP contribution in [0.3, 0.4) is 0 Å². The smallest absolute Gasteiger partial charge is 0.115 e. The fourth-order valence-corrected chi connectivity index (χ4v) is 2.70. The van der Waals surface area contributed by atoms with Gasteiger partial charge in [0.1, 0.15) is 5.75 Å². The van der Waals surface area contributed by atoms with Gasteiger partial charge < -0.3 is 9.84 Å². The average Bonchev–Trinajstić information content (AvgIpc) is 3.44. The normalized spacial score (nSPS) is 12.4. The Morgan fingerprint density at radius 1 is 0.680 bits per heavy atom. The first-order valence-corrected chi connectivity index (χ1v) is 9.29. The predicted octanol–water partition coefficient (Wildman–Crippen LogP) is 6.47. The minimum Gasteiger partial charge on any atom is -0.508 e. The molecule has 1 saturated heterocycles. The van der Waals surface area contributed by atoms with Gasteiger partial charge in [0, 0.05) is 0 Å². The van der Waals surface area contributed by atoms with Gasteiger partial charge in [-0.3, -0.25) is 0 Å². The van der Waals surface area contributed by atoms with Gasteiger partial charge in [0.05, 0.1) is 13.2 Å². The maximum atomic E-state index is 8.63. The molecule has 1 fully saturated rings. The van der Waals surface area contributed by atoms with E-state index in [0.717, 1.165) is 13.2 Å². The molecule has 2 aromatic rings. The van der Waals surface area contributed by atoms with Crippen LogP contribution in [0.2, 0.25) is 0 Å². The first-order chi connectivity index (χ1) is 11.8. The highest BCUT2D eigenvalue weighted by Crippen LogP contribution is 2.32. The van der Waals surface area contributed by atoms with Gasteiger partial charge in [0.2, 0.25) is 0 Å². The third-order valence-corrected chi connectivity index (χ3v) is 3.96. The molecule has 1 aliphatic rings. The lowest BCUT2D eigenvalue weighted by atomic mass is 9.83. The van der Waals surface area contributed by atoms with E-state index in [0.29, 0.717) is 23.5 Å². The molecule has 1 aliphatic heterocycles. The summed E-state index contributed by atoms with van der Waals surface area (Å²) in [5.41, 5.74) is 4.62. The Balaban J connectivity index is 0.000000253. The SMILES string of the molecule is C1CO1.CC(C)c1cccc(C(C)C)c1C(C)C.Oc1ccccc1. The van der Waals surface area contributed by atoms with Crippen LogP contribution >= 0.6 is 0 Å². The van der Waals surface area contributed by atoms with Crippen molar-refractivity contribution < 1.29 is 9.84 Å². The molecular formula is C23H34O2. The molecule has 2 heteroatoms. The van der Waals surface area contributed by atoms with E-state index in [4.69, 9.17) is 5.11 Å². The molecule has 1 N–H and O–H groups in total. The predicted molar refractivity (Wildman–Crippen MR) is 108 cm³/mol. The summed E-state index contributed by atoms with van der Waals surface area (Å²) in [4.78, 5) is 0. The van der Waals surface area contributed by atoms with Gasteiger partial charge >= 0.3 is 0 Å². The van der Waals surface area contributed by atoms with E-state index >= 15 is 0 Å². The molecule has 25 heavy (non-hydrogen) atoms. The van der Waals surface area contributed by atoms with Crippen LogP contribution in [-0.2, 0) is 4.74 Å². The molecule has 0 aromatic heterocycles. The summed E-state index contributed by atoms with van der Waals surface area (Å²) in [5, 5.41) is 8.63. The quantitative estimate of drug-likeness (QED) is 0.649. The van der Waals surface area contributed by atoms with Crippen LogP contribution < -0.4 is 0 Å². The van der Waals surface area contributed by atoms with Crippen molar-refractivity contribution in [3.63, 3.8) is 0 Å². The number of hydrogen-bond acceptors (Lipinski definition) is 2. The van der Waals surface area contributed by atoms with Crippen LogP contribution in [0.15, 0.2) is 48.5 Å². The van der Waals surface area contributed by atoms with Crippen molar-refractivity contribution >= 4 is 0 Å². The van der Waals surface area contributed by atoms with Crippen molar-refractivity contribution in [2.75, 3.05) is 13.2 Å². The van der Waals surface area contributed by atoms with Gasteiger partial charge in [-0.25, -0.2) is 0 Å². The number of ether oxygens (including phenoxy) is 1. The van der Waals surface area contributed by atoms with Crippen molar-refractivity contribution in [1.29, 1.82) is 0 Å². The summed E-state index contributed by atoms with van der Waals surface area (Å²) in [6.45, 7) is 15.7. The van der Waals surface area contributed by atoms with Gasteiger partial charge in [0.15, 0.2) is 0 Å². The van der Waals surface area contributed by atoms with Crippen LogP contribution in [0.4, 0.5) is 0 Å². The Bertz CT molecular complexity index is 570. The molecule has 0 radical (unpaired) electrons. The molecule has 0 amide bonds.